The number of anilines is 3. The zero-order valence-electron chi connectivity index (χ0n) is 35.4. The summed E-state index contributed by atoms with van der Waals surface area (Å²) in [5.41, 5.74) is 4.38. The van der Waals surface area contributed by atoms with E-state index in [9.17, 15) is 30.6 Å². The molecule has 6 N–H and O–H groups in total. The van der Waals surface area contributed by atoms with Crippen molar-refractivity contribution in [3.63, 3.8) is 0 Å². The minimum atomic E-state index is -0.249. The van der Waals surface area contributed by atoms with Gasteiger partial charge < -0.3 is 64.3 Å². The van der Waals surface area contributed by atoms with E-state index in [1.165, 1.54) is 0 Å². The van der Waals surface area contributed by atoms with E-state index < -0.39 is 0 Å². The van der Waals surface area contributed by atoms with Crippen molar-refractivity contribution in [2.45, 2.75) is 39.4 Å². The Bertz CT molecular complexity index is 1980. The highest BCUT2D eigenvalue weighted by molar-refractivity contribution is 5.51. The number of hydrogen-bond acceptors (Lipinski definition) is 16. The van der Waals surface area contributed by atoms with Gasteiger partial charge in [-0.1, -0.05) is 61.5 Å². The lowest BCUT2D eigenvalue weighted by Gasteiger charge is -2.29. The second-order valence-electron chi connectivity index (χ2n) is 14.2. The molecule has 5 aromatic rings. The second kappa shape index (κ2) is 25.9. The van der Waals surface area contributed by atoms with Crippen LogP contribution in [0.4, 0.5) is 17.8 Å². The lowest BCUT2D eigenvalue weighted by molar-refractivity contribution is 0.200. The number of rotatable bonds is 29. The number of ether oxygens (including phenoxy) is 4. The minimum absolute atomic E-state index is 0.0743. The number of benzene rings is 4. The van der Waals surface area contributed by atoms with Crippen molar-refractivity contribution in [2.75, 3.05) is 100 Å². The SMILES string of the molecule is CCCOc1ccc(Cc2ccc(OCCO)c(CN(CCO)c3nc(N(CCO)Cc4ccccc4OCCO)nc(N(CCO)Cc4ccccc4OCCO)n3)c2)cc1. The molecule has 4 aromatic carbocycles. The molecule has 0 aliphatic rings. The molecule has 16 heteroatoms. The van der Waals surface area contributed by atoms with Gasteiger partial charge in [0, 0.05) is 56.0 Å². The van der Waals surface area contributed by atoms with Crippen molar-refractivity contribution >= 4 is 17.8 Å². The molecule has 0 aliphatic heterocycles. The summed E-state index contributed by atoms with van der Waals surface area (Å²) in [5.74, 6) is 3.10. The van der Waals surface area contributed by atoms with Crippen LogP contribution in [0.3, 0.4) is 0 Å². The van der Waals surface area contributed by atoms with Crippen LogP contribution in [0, 0.1) is 0 Å². The zero-order chi connectivity index (χ0) is 43.9. The Morgan fingerprint density at radius 3 is 1.29 bits per heavy atom. The third kappa shape index (κ3) is 14.2. The molecule has 0 aliphatic carbocycles. The fraction of sp³-hybridized carbons (Fsp3) is 0.413. The summed E-state index contributed by atoms with van der Waals surface area (Å²) >= 11 is 0. The maximum atomic E-state index is 10.5. The molecule has 1 heterocycles. The molecule has 0 spiro atoms. The normalized spacial score (nSPS) is 11.0. The highest BCUT2D eigenvalue weighted by Crippen LogP contribution is 2.30. The molecule has 0 saturated carbocycles. The summed E-state index contributed by atoms with van der Waals surface area (Å²) in [6, 6.07) is 28.7. The molecule has 0 amide bonds. The first-order valence-electron chi connectivity index (χ1n) is 21.0. The largest absolute Gasteiger partial charge is 0.494 e. The van der Waals surface area contributed by atoms with Crippen LogP contribution in [0.2, 0.25) is 0 Å². The monoisotopic (exact) mass is 856 g/mol. The van der Waals surface area contributed by atoms with Gasteiger partial charge in [0.2, 0.25) is 17.8 Å². The van der Waals surface area contributed by atoms with Gasteiger partial charge >= 0.3 is 0 Å². The van der Waals surface area contributed by atoms with Crippen molar-refractivity contribution in [2.24, 2.45) is 0 Å². The number of para-hydroxylation sites is 2. The summed E-state index contributed by atoms with van der Waals surface area (Å²) in [7, 11) is 0. The van der Waals surface area contributed by atoms with E-state index in [4.69, 9.17) is 33.9 Å². The van der Waals surface area contributed by atoms with Crippen LogP contribution in [-0.4, -0.2) is 131 Å². The molecule has 0 saturated heterocycles. The molecular weight excluding hydrogens is 797 g/mol. The standard InChI is InChI=1S/C46H60N6O10/c1-2-26-59-40-14-11-35(12-15-40)30-36-13-16-43(62-29-25-58)39(31-36)34-52(19-22-55)46-48-44(50(17-20-53)32-37-7-3-5-9-41(37)60-27-23-56)47-45(49-46)51(18-21-54)33-38-8-4-6-10-42(38)61-28-24-57/h3-16,31,53-58H,2,17-30,32-34H2,1H3. The lowest BCUT2D eigenvalue weighted by Crippen LogP contribution is -2.34. The summed E-state index contributed by atoms with van der Waals surface area (Å²) in [4.78, 5) is 20.3. The predicted molar refractivity (Wildman–Crippen MR) is 236 cm³/mol. The van der Waals surface area contributed by atoms with E-state index in [0.29, 0.717) is 30.3 Å². The Labute approximate surface area is 363 Å². The van der Waals surface area contributed by atoms with E-state index in [-0.39, 0.29) is 117 Å². The first-order chi connectivity index (χ1) is 30.4. The lowest BCUT2D eigenvalue weighted by atomic mass is 10.0. The number of aliphatic hydroxyl groups excluding tert-OH is 6. The van der Waals surface area contributed by atoms with Crippen LogP contribution in [0.5, 0.6) is 23.0 Å². The highest BCUT2D eigenvalue weighted by atomic mass is 16.5. The molecule has 16 nitrogen and oxygen atoms in total. The third-order valence-electron chi connectivity index (χ3n) is 9.56. The predicted octanol–water partition coefficient (Wildman–Crippen LogP) is 3.36. The Morgan fingerprint density at radius 2 is 0.855 bits per heavy atom. The van der Waals surface area contributed by atoms with Gasteiger partial charge in [-0.05, 0) is 60.4 Å². The van der Waals surface area contributed by atoms with Crippen molar-refractivity contribution in [3.8, 4) is 23.0 Å². The van der Waals surface area contributed by atoms with Crippen LogP contribution in [0.15, 0.2) is 91.0 Å². The molecule has 334 valence electrons. The van der Waals surface area contributed by atoms with Gasteiger partial charge in [0.05, 0.1) is 46.2 Å². The molecule has 62 heavy (non-hydrogen) atoms. The van der Waals surface area contributed by atoms with E-state index in [1.54, 1.807) is 21.9 Å². The first kappa shape index (κ1) is 47.3. The summed E-state index contributed by atoms with van der Waals surface area (Å²) in [5, 5.41) is 59.8. The van der Waals surface area contributed by atoms with Gasteiger partial charge in [0.1, 0.15) is 42.8 Å². The zero-order valence-corrected chi connectivity index (χ0v) is 35.4. The molecule has 0 radical (unpaired) electrons. The maximum Gasteiger partial charge on any atom is 0.232 e. The number of aliphatic hydroxyl groups is 6. The average Bonchev–Trinajstić information content (AvgIpc) is 3.30. The molecule has 5 rings (SSSR count). The summed E-state index contributed by atoms with van der Waals surface area (Å²) in [6.07, 6.45) is 1.55. The Morgan fingerprint density at radius 1 is 0.435 bits per heavy atom. The number of aromatic nitrogens is 3. The van der Waals surface area contributed by atoms with Gasteiger partial charge in [0.25, 0.3) is 0 Å². The number of hydrogen-bond donors (Lipinski definition) is 6. The van der Waals surface area contributed by atoms with Gasteiger partial charge in [-0.2, -0.15) is 15.0 Å². The van der Waals surface area contributed by atoms with Gasteiger partial charge in [0.15, 0.2) is 0 Å². The van der Waals surface area contributed by atoms with Crippen LogP contribution in [0.1, 0.15) is 41.2 Å². The minimum Gasteiger partial charge on any atom is -0.494 e. The van der Waals surface area contributed by atoms with Crippen molar-refractivity contribution in [1.82, 2.24) is 15.0 Å². The molecule has 1 aromatic heterocycles. The van der Waals surface area contributed by atoms with E-state index in [1.807, 2.05) is 83.8 Å². The Balaban J connectivity index is 1.59. The molecule has 0 atom stereocenters. The maximum absolute atomic E-state index is 10.5. The van der Waals surface area contributed by atoms with Crippen molar-refractivity contribution in [3.05, 3.63) is 119 Å². The van der Waals surface area contributed by atoms with Gasteiger partial charge in [-0.3, -0.25) is 0 Å². The molecule has 0 fully saturated rings. The summed E-state index contributed by atoms with van der Waals surface area (Å²) < 4.78 is 23.5. The van der Waals surface area contributed by atoms with E-state index >= 15 is 0 Å². The van der Waals surface area contributed by atoms with Crippen LogP contribution < -0.4 is 33.6 Å². The smallest absolute Gasteiger partial charge is 0.232 e. The molecule has 0 unspecified atom stereocenters. The second-order valence-corrected chi connectivity index (χ2v) is 14.2. The van der Waals surface area contributed by atoms with Crippen molar-refractivity contribution < 1.29 is 49.6 Å². The van der Waals surface area contributed by atoms with E-state index in [0.717, 1.165) is 40.0 Å². The average molecular weight is 857 g/mol. The number of nitrogens with zero attached hydrogens (tertiary/aromatic N) is 6. The highest BCUT2D eigenvalue weighted by Gasteiger charge is 2.24. The summed E-state index contributed by atoms with van der Waals surface area (Å²) in [6.45, 7) is 2.74. The third-order valence-corrected chi connectivity index (χ3v) is 9.56. The first-order valence-corrected chi connectivity index (χ1v) is 21.0. The Hall–Kier alpha value is -5.75. The van der Waals surface area contributed by atoms with Gasteiger partial charge in [-0.15, -0.1) is 0 Å². The van der Waals surface area contributed by atoms with Crippen LogP contribution in [-0.2, 0) is 26.1 Å². The quantitative estimate of drug-likeness (QED) is 0.0408. The molecule has 0 bridgehead atoms. The van der Waals surface area contributed by atoms with Crippen molar-refractivity contribution in [1.29, 1.82) is 0 Å². The van der Waals surface area contributed by atoms with E-state index in [2.05, 4.69) is 6.92 Å². The van der Waals surface area contributed by atoms with Crippen LogP contribution in [0.25, 0.3) is 0 Å². The topological polar surface area (TPSA) is 207 Å². The Kier molecular flexibility index (Phi) is 19.8. The fourth-order valence-corrected chi connectivity index (χ4v) is 6.68. The van der Waals surface area contributed by atoms with Crippen LogP contribution >= 0.6 is 0 Å². The van der Waals surface area contributed by atoms with Gasteiger partial charge in [-0.25, -0.2) is 0 Å². The molecular formula is C46H60N6O10. The fourth-order valence-electron chi connectivity index (χ4n) is 6.68.